The van der Waals surface area contributed by atoms with Gasteiger partial charge in [-0.1, -0.05) is 18.3 Å². The number of rotatable bonds is 5. The van der Waals surface area contributed by atoms with Crippen molar-refractivity contribution in [2.45, 2.75) is 50.9 Å². The number of benzene rings is 1. The Balaban J connectivity index is 1.75. The second kappa shape index (κ2) is 6.70. The van der Waals surface area contributed by atoms with Gasteiger partial charge < -0.3 is 10.5 Å². The standard InChI is InChI=1S/C22H26N2OS/c1-2-25-20-4-3-19(9-17(20)8-18(13-23)21(24)26)22-10-14-5-15(11-22)7-16(6-14)12-22/h3-4,8-9,14-16H,2,5-7,10-12H2,1H3,(H2,24,26). The maximum atomic E-state index is 9.35. The minimum absolute atomic E-state index is 0.134. The van der Waals surface area contributed by atoms with Gasteiger partial charge in [-0.25, -0.2) is 0 Å². The summed E-state index contributed by atoms with van der Waals surface area (Å²) in [5.74, 6) is 3.50. The van der Waals surface area contributed by atoms with Crippen LogP contribution in [0.2, 0.25) is 0 Å². The molecule has 0 atom stereocenters. The predicted molar refractivity (Wildman–Crippen MR) is 108 cm³/mol. The molecule has 0 aliphatic heterocycles. The van der Waals surface area contributed by atoms with Crippen molar-refractivity contribution in [2.24, 2.45) is 23.5 Å². The Morgan fingerprint density at radius 1 is 1.27 bits per heavy atom. The van der Waals surface area contributed by atoms with Crippen LogP contribution in [0.25, 0.3) is 6.08 Å². The van der Waals surface area contributed by atoms with Crippen molar-refractivity contribution in [1.29, 1.82) is 5.26 Å². The Morgan fingerprint density at radius 3 is 2.38 bits per heavy atom. The zero-order chi connectivity index (χ0) is 18.3. The van der Waals surface area contributed by atoms with Gasteiger partial charge in [0, 0.05) is 5.56 Å². The SMILES string of the molecule is CCOc1ccc(C23CC4CC(CC(C4)C2)C3)cc1C=C(C#N)C(N)=S. The van der Waals surface area contributed by atoms with Gasteiger partial charge in [-0.3, -0.25) is 0 Å². The average Bonchev–Trinajstić information content (AvgIpc) is 2.59. The van der Waals surface area contributed by atoms with Crippen LogP contribution in [-0.4, -0.2) is 11.6 Å². The Bertz CT molecular complexity index is 770. The molecule has 26 heavy (non-hydrogen) atoms. The molecule has 3 nitrogen and oxygen atoms in total. The van der Waals surface area contributed by atoms with E-state index in [2.05, 4.69) is 24.3 Å². The molecule has 1 aromatic carbocycles. The molecular weight excluding hydrogens is 340 g/mol. The lowest BCUT2D eigenvalue weighted by molar-refractivity contribution is -0.00521. The predicted octanol–water partition coefficient (Wildman–Crippen LogP) is 4.75. The lowest BCUT2D eigenvalue weighted by Crippen LogP contribution is -2.48. The van der Waals surface area contributed by atoms with Crippen molar-refractivity contribution >= 4 is 23.3 Å². The van der Waals surface area contributed by atoms with Crippen LogP contribution in [0.4, 0.5) is 0 Å². The molecule has 4 aliphatic carbocycles. The minimum atomic E-state index is 0.134. The molecule has 4 bridgehead atoms. The number of hydrogen-bond acceptors (Lipinski definition) is 3. The van der Waals surface area contributed by atoms with Gasteiger partial charge >= 0.3 is 0 Å². The highest BCUT2D eigenvalue weighted by Crippen LogP contribution is 2.60. The van der Waals surface area contributed by atoms with E-state index in [1.54, 1.807) is 6.08 Å². The van der Waals surface area contributed by atoms with Crippen LogP contribution in [-0.2, 0) is 5.41 Å². The molecule has 4 heteroatoms. The van der Waals surface area contributed by atoms with Crippen LogP contribution in [0.1, 0.15) is 56.6 Å². The summed E-state index contributed by atoms with van der Waals surface area (Å²) < 4.78 is 5.80. The number of ether oxygens (including phenoxy) is 1. The fraction of sp³-hybridized carbons (Fsp3) is 0.545. The second-order valence-corrected chi connectivity index (χ2v) is 8.86. The summed E-state index contributed by atoms with van der Waals surface area (Å²) in [5.41, 5.74) is 8.69. The number of nitriles is 1. The number of nitrogens with zero attached hydrogens (tertiary/aromatic N) is 1. The number of hydrogen-bond donors (Lipinski definition) is 1. The normalized spacial score (nSPS) is 32.3. The van der Waals surface area contributed by atoms with Crippen LogP contribution >= 0.6 is 12.2 Å². The van der Waals surface area contributed by atoms with Crippen molar-refractivity contribution in [3.63, 3.8) is 0 Å². The Hall–Kier alpha value is -1.86. The molecule has 0 amide bonds. The van der Waals surface area contributed by atoms with E-state index < -0.39 is 0 Å². The summed E-state index contributed by atoms with van der Waals surface area (Å²) in [6.07, 6.45) is 10.0. The van der Waals surface area contributed by atoms with Crippen LogP contribution < -0.4 is 10.5 Å². The maximum absolute atomic E-state index is 9.35. The first kappa shape index (κ1) is 17.5. The minimum Gasteiger partial charge on any atom is -0.493 e. The fourth-order valence-corrected chi connectivity index (χ4v) is 6.16. The molecule has 4 aliphatic rings. The zero-order valence-corrected chi connectivity index (χ0v) is 16.1. The summed E-state index contributed by atoms with van der Waals surface area (Å²) >= 11 is 5.02. The molecule has 2 N–H and O–H groups in total. The average molecular weight is 367 g/mol. The summed E-state index contributed by atoms with van der Waals surface area (Å²) in [6, 6.07) is 8.66. The molecule has 4 saturated carbocycles. The van der Waals surface area contributed by atoms with E-state index in [-0.39, 0.29) is 4.99 Å². The van der Waals surface area contributed by atoms with E-state index in [1.807, 2.05) is 6.92 Å². The van der Waals surface area contributed by atoms with Crippen molar-refractivity contribution < 1.29 is 4.74 Å². The molecule has 0 heterocycles. The highest BCUT2D eigenvalue weighted by molar-refractivity contribution is 7.80. The molecule has 4 fully saturated rings. The van der Waals surface area contributed by atoms with Gasteiger partial charge in [-0.2, -0.15) is 5.26 Å². The molecule has 0 unspecified atom stereocenters. The van der Waals surface area contributed by atoms with Crippen molar-refractivity contribution in [2.75, 3.05) is 6.61 Å². The van der Waals surface area contributed by atoms with Crippen molar-refractivity contribution in [1.82, 2.24) is 0 Å². The summed E-state index contributed by atoms with van der Waals surface area (Å²) in [7, 11) is 0. The first-order valence-electron chi connectivity index (χ1n) is 9.72. The van der Waals surface area contributed by atoms with Gasteiger partial charge in [0.25, 0.3) is 0 Å². The number of thiocarbonyl (C=S) groups is 1. The van der Waals surface area contributed by atoms with E-state index >= 15 is 0 Å². The van der Waals surface area contributed by atoms with E-state index in [0.717, 1.165) is 29.1 Å². The topological polar surface area (TPSA) is 59.0 Å². The Kier molecular flexibility index (Phi) is 4.52. The smallest absolute Gasteiger partial charge is 0.126 e. The third kappa shape index (κ3) is 3.03. The van der Waals surface area contributed by atoms with Gasteiger partial charge in [0.2, 0.25) is 0 Å². The summed E-state index contributed by atoms with van der Waals surface area (Å²) in [4.78, 5) is 0.134. The molecular formula is C22H26N2OS. The van der Waals surface area contributed by atoms with Crippen LogP contribution in [0, 0.1) is 29.1 Å². The van der Waals surface area contributed by atoms with Gasteiger partial charge in [-0.15, -0.1) is 0 Å². The molecule has 0 aromatic heterocycles. The van der Waals surface area contributed by atoms with Crippen LogP contribution in [0.5, 0.6) is 5.75 Å². The first-order chi connectivity index (χ1) is 12.5. The van der Waals surface area contributed by atoms with E-state index in [1.165, 1.54) is 44.1 Å². The fourth-order valence-electron chi connectivity index (χ4n) is 6.06. The molecule has 1 aromatic rings. The van der Waals surface area contributed by atoms with Gasteiger partial charge in [0.15, 0.2) is 0 Å². The monoisotopic (exact) mass is 366 g/mol. The highest BCUT2D eigenvalue weighted by Gasteiger charge is 2.51. The largest absolute Gasteiger partial charge is 0.493 e. The number of nitrogens with two attached hydrogens (primary N) is 1. The van der Waals surface area contributed by atoms with E-state index in [4.69, 9.17) is 22.7 Å². The second-order valence-electron chi connectivity index (χ2n) is 8.42. The highest BCUT2D eigenvalue weighted by atomic mass is 32.1. The Labute approximate surface area is 161 Å². The third-order valence-corrected chi connectivity index (χ3v) is 6.87. The van der Waals surface area contributed by atoms with Crippen LogP contribution in [0.15, 0.2) is 23.8 Å². The van der Waals surface area contributed by atoms with Gasteiger partial charge in [-0.05, 0) is 92.4 Å². The van der Waals surface area contributed by atoms with Gasteiger partial charge in [0.1, 0.15) is 16.8 Å². The zero-order valence-electron chi connectivity index (χ0n) is 15.3. The molecule has 136 valence electrons. The maximum Gasteiger partial charge on any atom is 0.126 e. The quantitative estimate of drug-likeness (QED) is 0.464. The third-order valence-electron chi connectivity index (χ3n) is 6.65. The van der Waals surface area contributed by atoms with E-state index in [9.17, 15) is 5.26 Å². The molecule has 0 spiro atoms. The Morgan fingerprint density at radius 2 is 1.88 bits per heavy atom. The van der Waals surface area contributed by atoms with Crippen molar-refractivity contribution in [3.05, 3.63) is 34.9 Å². The van der Waals surface area contributed by atoms with E-state index in [0.29, 0.717) is 17.6 Å². The lowest BCUT2D eigenvalue weighted by Gasteiger charge is -2.57. The first-order valence-corrected chi connectivity index (χ1v) is 10.1. The van der Waals surface area contributed by atoms with Gasteiger partial charge in [0.05, 0.1) is 12.2 Å². The van der Waals surface area contributed by atoms with Crippen molar-refractivity contribution in [3.8, 4) is 11.8 Å². The molecule has 0 radical (unpaired) electrons. The lowest BCUT2D eigenvalue weighted by atomic mass is 9.48. The summed E-state index contributed by atoms with van der Waals surface area (Å²) in [6.45, 7) is 2.56. The summed E-state index contributed by atoms with van der Waals surface area (Å²) in [5, 5.41) is 9.35. The van der Waals surface area contributed by atoms with Crippen LogP contribution in [0.3, 0.4) is 0 Å². The molecule has 0 saturated heterocycles. The molecule has 5 rings (SSSR count).